The molecule has 0 aliphatic heterocycles. The molecule has 1 aromatic heterocycles. The van der Waals surface area contributed by atoms with Crippen LogP contribution in [0.25, 0.3) is 0 Å². The molecular formula is C13H20N2O4S. The van der Waals surface area contributed by atoms with Gasteiger partial charge in [0.1, 0.15) is 0 Å². The summed E-state index contributed by atoms with van der Waals surface area (Å²) < 4.78 is 26.0. The van der Waals surface area contributed by atoms with Gasteiger partial charge in [-0.25, -0.2) is 8.42 Å². The van der Waals surface area contributed by atoms with Crippen LogP contribution in [0, 0.1) is 0 Å². The number of hydrogen-bond donors (Lipinski definition) is 1. The molecule has 1 aromatic rings. The number of aliphatic carboxylic acids is 1. The molecule has 1 aliphatic rings. The standard InChI is InChI=1S/C13H20N2O4S/c1-2-12(13(16)17)20(18,19)9-10-7-8-15(14-10)11-5-3-4-6-11/h7-8,11-12H,2-6,9H2,1H3,(H,16,17). The van der Waals surface area contributed by atoms with Crippen molar-refractivity contribution >= 4 is 15.8 Å². The summed E-state index contributed by atoms with van der Waals surface area (Å²) in [6, 6.07) is 2.03. The number of rotatable bonds is 6. The Morgan fingerprint density at radius 2 is 2.15 bits per heavy atom. The van der Waals surface area contributed by atoms with Gasteiger partial charge in [0, 0.05) is 6.20 Å². The van der Waals surface area contributed by atoms with E-state index in [-0.39, 0.29) is 12.2 Å². The molecule has 0 saturated heterocycles. The predicted molar refractivity (Wildman–Crippen MR) is 74.1 cm³/mol. The van der Waals surface area contributed by atoms with Crippen molar-refractivity contribution in [2.75, 3.05) is 0 Å². The first-order valence-corrected chi connectivity index (χ1v) is 8.64. The highest BCUT2D eigenvalue weighted by Gasteiger charge is 2.31. The molecule has 112 valence electrons. The summed E-state index contributed by atoms with van der Waals surface area (Å²) in [5.74, 6) is -1.60. The van der Waals surface area contributed by atoms with Gasteiger partial charge in [-0.3, -0.25) is 9.48 Å². The van der Waals surface area contributed by atoms with Crippen LogP contribution < -0.4 is 0 Å². The van der Waals surface area contributed by atoms with E-state index in [4.69, 9.17) is 5.11 Å². The van der Waals surface area contributed by atoms with Crippen molar-refractivity contribution in [1.29, 1.82) is 0 Å². The van der Waals surface area contributed by atoms with Crippen molar-refractivity contribution in [3.05, 3.63) is 18.0 Å². The Morgan fingerprint density at radius 1 is 1.50 bits per heavy atom. The molecule has 1 atom stereocenters. The maximum Gasteiger partial charge on any atom is 0.321 e. The molecule has 7 heteroatoms. The summed E-state index contributed by atoms with van der Waals surface area (Å²) in [6.07, 6.45) is 6.36. The topological polar surface area (TPSA) is 89.3 Å². The van der Waals surface area contributed by atoms with Gasteiger partial charge in [-0.05, 0) is 25.3 Å². The number of carbonyl (C=O) groups is 1. The molecule has 1 fully saturated rings. The Morgan fingerprint density at radius 3 is 2.70 bits per heavy atom. The molecule has 0 amide bonds. The summed E-state index contributed by atoms with van der Waals surface area (Å²) >= 11 is 0. The van der Waals surface area contributed by atoms with Crippen LogP contribution in [0.4, 0.5) is 0 Å². The van der Waals surface area contributed by atoms with E-state index in [0.29, 0.717) is 11.7 Å². The van der Waals surface area contributed by atoms with E-state index in [2.05, 4.69) is 5.10 Å². The highest BCUT2D eigenvalue weighted by Crippen LogP contribution is 2.28. The highest BCUT2D eigenvalue weighted by molar-refractivity contribution is 7.92. The third-order valence-corrected chi connectivity index (χ3v) is 5.89. The first-order chi connectivity index (χ1) is 9.44. The SMILES string of the molecule is CCC(C(=O)O)S(=O)(=O)Cc1ccn(C2CCCC2)n1. The minimum absolute atomic E-state index is 0.0704. The van der Waals surface area contributed by atoms with Crippen molar-refractivity contribution in [1.82, 2.24) is 9.78 Å². The van der Waals surface area contributed by atoms with Crippen LogP contribution in [0.3, 0.4) is 0 Å². The zero-order valence-electron chi connectivity index (χ0n) is 11.5. The average Bonchev–Trinajstić information content (AvgIpc) is 2.97. The van der Waals surface area contributed by atoms with Crippen molar-refractivity contribution < 1.29 is 18.3 Å². The van der Waals surface area contributed by atoms with Crippen LogP contribution in [0.5, 0.6) is 0 Å². The fourth-order valence-corrected chi connectivity index (χ4v) is 4.30. The lowest BCUT2D eigenvalue weighted by atomic mass is 10.3. The van der Waals surface area contributed by atoms with Gasteiger partial charge < -0.3 is 5.11 Å². The minimum atomic E-state index is -3.71. The lowest BCUT2D eigenvalue weighted by Gasteiger charge is -2.11. The van der Waals surface area contributed by atoms with Crippen LogP contribution in [0.2, 0.25) is 0 Å². The molecule has 1 unspecified atom stereocenters. The van der Waals surface area contributed by atoms with E-state index < -0.39 is 21.1 Å². The molecule has 0 spiro atoms. The fourth-order valence-electron chi connectivity index (χ4n) is 2.72. The number of carboxylic acids is 1. The molecule has 1 heterocycles. The van der Waals surface area contributed by atoms with Gasteiger partial charge in [0.25, 0.3) is 0 Å². The van der Waals surface area contributed by atoms with Crippen molar-refractivity contribution in [2.45, 2.75) is 56.1 Å². The van der Waals surface area contributed by atoms with Gasteiger partial charge in [-0.1, -0.05) is 19.8 Å². The molecule has 20 heavy (non-hydrogen) atoms. The molecule has 1 N–H and O–H groups in total. The van der Waals surface area contributed by atoms with Crippen LogP contribution in [-0.4, -0.2) is 34.5 Å². The highest BCUT2D eigenvalue weighted by atomic mass is 32.2. The van der Waals surface area contributed by atoms with E-state index >= 15 is 0 Å². The fraction of sp³-hybridized carbons (Fsp3) is 0.692. The second-order valence-corrected chi connectivity index (χ2v) is 7.45. The Hall–Kier alpha value is -1.37. The summed E-state index contributed by atoms with van der Waals surface area (Å²) in [6.45, 7) is 1.56. The molecule has 0 bridgehead atoms. The molecular weight excluding hydrogens is 280 g/mol. The second kappa shape index (κ2) is 5.95. The monoisotopic (exact) mass is 300 g/mol. The van der Waals surface area contributed by atoms with E-state index in [1.165, 1.54) is 12.8 Å². The first-order valence-electron chi connectivity index (χ1n) is 6.92. The van der Waals surface area contributed by atoms with Crippen molar-refractivity contribution in [3.63, 3.8) is 0 Å². The van der Waals surface area contributed by atoms with Gasteiger partial charge in [-0.2, -0.15) is 5.10 Å². The van der Waals surface area contributed by atoms with Crippen LogP contribution >= 0.6 is 0 Å². The Labute approximate surface area is 118 Å². The smallest absolute Gasteiger partial charge is 0.321 e. The van der Waals surface area contributed by atoms with E-state index in [1.54, 1.807) is 19.2 Å². The van der Waals surface area contributed by atoms with Gasteiger partial charge in [-0.15, -0.1) is 0 Å². The summed E-state index contributed by atoms with van der Waals surface area (Å²) in [5, 5.41) is 11.9. The summed E-state index contributed by atoms with van der Waals surface area (Å²) in [4.78, 5) is 11.0. The second-order valence-electron chi connectivity index (χ2n) is 5.27. The normalized spacial score (nSPS) is 18.2. The Kier molecular flexibility index (Phi) is 4.47. The first kappa shape index (κ1) is 15.0. The van der Waals surface area contributed by atoms with Gasteiger partial charge in [0.05, 0.1) is 17.5 Å². The van der Waals surface area contributed by atoms with Crippen LogP contribution in [0.15, 0.2) is 12.3 Å². The van der Waals surface area contributed by atoms with E-state index in [1.807, 2.05) is 4.68 Å². The molecule has 0 aromatic carbocycles. The Balaban J connectivity index is 2.11. The number of hydrogen-bond acceptors (Lipinski definition) is 4. The largest absolute Gasteiger partial charge is 0.480 e. The van der Waals surface area contributed by atoms with Crippen LogP contribution in [-0.2, 0) is 20.4 Å². The number of nitrogens with zero attached hydrogens (tertiary/aromatic N) is 2. The quantitative estimate of drug-likeness (QED) is 0.865. The maximum atomic E-state index is 12.1. The summed E-state index contributed by atoms with van der Waals surface area (Å²) in [5.41, 5.74) is 0.427. The molecule has 2 rings (SSSR count). The van der Waals surface area contributed by atoms with Gasteiger partial charge in [0.2, 0.25) is 0 Å². The Bertz CT molecular complexity index is 573. The predicted octanol–water partition coefficient (Wildman–Crippen LogP) is 1.78. The summed E-state index contributed by atoms with van der Waals surface area (Å²) in [7, 11) is -3.71. The van der Waals surface area contributed by atoms with Crippen LogP contribution in [0.1, 0.15) is 50.8 Å². The van der Waals surface area contributed by atoms with Gasteiger partial charge in [0.15, 0.2) is 15.1 Å². The van der Waals surface area contributed by atoms with Crippen molar-refractivity contribution in [2.24, 2.45) is 0 Å². The number of sulfone groups is 1. The zero-order chi connectivity index (χ0) is 14.8. The van der Waals surface area contributed by atoms with E-state index in [0.717, 1.165) is 12.8 Å². The maximum absolute atomic E-state index is 12.1. The average molecular weight is 300 g/mol. The lowest BCUT2D eigenvalue weighted by Crippen LogP contribution is -2.30. The molecule has 1 aliphatic carbocycles. The lowest BCUT2D eigenvalue weighted by molar-refractivity contribution is -0.136. The molecule has 1 saturated carbocycles. The molecule has 0 radical (unpaired) electrons. The number of aromatic nitrogens is 2. The van der Waals surface area contributed by atoms with Gasteiger partial charge >= 0.3 is 5.97 Å². The third-order valence-electron chi connectivity index (χ3n) is 3.79. The minimum Gasteiger partial charge on any atom is -0.480 e. The van der Waals surface area contributed by atoms with Crippen molar-refractivity contribution in [3.8, 4) is 0 Å². The molecule has 6 nitrogen and oxygen atoms in total. The number of carboxylic acid groups (broad SMARTS) is 1. The van der Waals surface area contributed by atoms with E-state index in [9.17, 15) is 13.2 Å². The zero-order valence-corrected chi connectivity index (χ0v) is 12.3. The third kappa shape index (κ3) is 3.20.